The lowest BCUT2D eigenvalue weighted by molar-refractivity contribution is -0.129. The number of benzene rings is 1. The van der Waals surface area contributed by atoms with Crippen molar-refractivity contribution in [2.24, 2.45) is 11.0 Å². The Bertz CT molecular complexity index is 947. The minimum Gasteiger partial charge on any atom is -0.487 e. The molecule has 1 fully saturated rings. The van der Waals surface area contributed by atoms with E-state index in [9.17, 15) is 9.59 Å². The van der Waals surface area contributed by atoms with Crippen molar-refractivity contribution in [3.8, 4) is 5.75 Å². The van der Waals surface area contributed by atoms with Crippen LogP contribution in [0.3, 0.4) is 0 Å². The van der Waals surface area contributed by atoms with Crippen molar-refractivity contribution in [1.82, 2.24) is 15.6 Å². The fraction of sp³-hybridized carbons (Fsp3) is 0.409. The third kappa shape index (κ3) is 3.20. The molecule has 2 aliphatic carbocycles. The van der Waals surface area contributed by atoms with E-state index in [2.05, 4.69) is 15.7 Å². The Balaban J connectivity index is 1.27. The number of amides is 3. The van der Waals surface area contributed by atoms with E-state index in [1.807, 2.05) is 42.5 Å². The highest BCUT2D eigenvalue weighted by molar-refractivity contribution is 5.81. The highest BCUT2D eigenvalue weighted by atomic mass is 16.5. The van der Waals surface area contributed by atoms with Crippen molar-refractivity contribution in [3.05, 3.63) is 53.8 Å². The van der Waals surface area contributed by atoms with Gasteiger partial charge in [0.1, 0.15) is 11.4 Å². The molecule has 2 heterocycles. The molecule has 4 aliphatic rings. The first kappa shape index (κ1) is 18.0. The second-order valence-electron chi connectivity index (χ2n) is 8.21. The average Bonchev–Trinajstić information content (AvgIpc) is 3.10. The van der Waals surface area contributed by atoms with E-state index >= 15 is 0 Å². The van der Waals surface area contributed by atoms with Gasteiger partial charge in [-0.2, -0.15) is 5.10 Å². The van der Waals surface area contributed by atoms with Crippen LogP contribution in [0.15, 0.2) is 53.3 Å². The molecule has 0 aromatic heterocycles. The summed E-state index contributed by atoms with van der Waals surface area (Å²) in [4.78, 5) is 24.4. The smallest absolute Gasteiger partial charge is 0.319 e. The van der Waals surface area contributed by atoms with Gasteiger partial charge in [0.2, 0.25) is 5.91 Å². The van der Waals surface area contributed by atoms with E-state index in [-0.39, 0.29) is 35.5 Å². The third-order valence-corrected chi connectivity index (χ3v) is 6.23. The molecule has 7 nitrogen and oxygen atoms in total. The number of ether oxygens (including phenoxy) is 1. The Hall–Kier alpha value is -3.09. The molecule has 0 saturated heterocycles. The van der Waals surface area contributed by atoms with E-state index in [1.54, 1.807) is 6.21 Å². The number of para-hydroxylation sites is 1. The van der Waals surface area contributed by atoms with Crippen molar-refractivity contribution in [2.45, 2.75) is 50.3 Å². The van der Waals surface area contributed by atoms with Crippen molar-refractivity contribution in [3.63, 3.8) is 0 Å². The largest absolute Gasteiger partial charge is 0.487 e. The number of rotatable bonds is 2. The number of hydrogen-bond donors (Lipinski definition) is 2. The number of hydrogen-bond acceptors (Lipinski definition) is 4. The van der Waals surface area contributed by atoms with Gasteiger partial charge < -0.3 is 15.4 Å². The molecule has 0 bridgehead atoms. The number of carbonyl (C=O) groups is 2. The van der Waals surface area contributed by atoms with Crippen LogP contribution in [0.2, 0.25) is 0 Å². The molecule has 5 rings (SSSR count). The number of fused-ring (bicyclic) bond motifs is 2. The highest BCUT2D eigenvalue weighted by Gasteiger charge is 2.45. The summed E-state index contributed by atoms with van der Waals surface area (Å²) < 4.78 is 6.25. The zero-order valence-corrected chi connectivity index (χ0v) is 16.3. The molecule has 0 radical (unpaired) electrons. The predicted octanol–water partition coefficient (Wildman–Crippen LogP) is 3.02. The Labute approximate surface area is 169 Å². The molecule has 7 heteroatoms. The van der Waals surface area contributed by atoms with Crippen LogP contribution in [0.25, 0.3) is 0 Å². The number of nitrogens with one attached hydrogen (secondary N) is 2. The maximum absolute atomic E-state index is 12.7. The van der Waals surface area contributed by atoms with Gasteiger partial charge in [0.25, 0.3) is 0 Å². The van der Waals surface area contributed by atoms with Crippen LogP contribution in [-0.4, -0.2) is 34.8 Å². The first-order chi connectivity index (χ1) is 14.0. The van der Waals surface area contributed by atoms with Crippen molar-refractivity contribution >= 4 is 18.2 Å². The van der Waals surface area contributed by atoms with Crippen molar-refractivity contribution < 1.29 is 14.3 Å². The minimum absolute atomic E-state index is 0.0266. The molecule has 2 aliphatic heterocycles. The highest BCUT2D eigenvalue weighted by Crippen LogP contribution is 2.48. The van der Waals surface area contributed by atoms with Crippen LogP contribution in [0, 0.1) is 5.92 Å². The summed E-state index contributed by atoms with van der Waals surface area (Å²) in [5, 5.41) is 11.7. The Morgan fingerprint density at radius 3 is 2.86 bits per heavy atom. The number of nitrogens with zero attached hydrogens (tertiary/aromatic N) is 2. The fourth-order valence-electron chi connectivity index (χ4n) is 4.62. The minimum atomic E-state index is -0.242. The van der Waals surface area contributed by atoms with Gasteiger partial charge in [-0.05, 0) is 37.5 Å². The second kappa shape index (κ2) is 6.76. The van der Waals surface area contributed by atoms with Gasteiger partial charge >= 0.3 is 6.03 Å². The molecule has 2 N–H and O–H groups in total. The summed E-state index contributed by atoms with van der Waals surface area (Å²) in [7, 11) is 0. The maximum atomic E-state index is 12.7. The van der Waals surface area contributed by atoms with Gasteiger partial charge in [0, 0.05) is 36.7 Å². The maximum Gasteiger partial charge on any atom is 0.319 e. The molecular formula is C22H24N4O3. The number of urea groups is 1. The summed E-state index contributed by atoms with van der Waals surface area (Å²) in [6, 6.07) is 7.50. The molecule has 3 unspecified atom stereocenters. The first-order valence-corrected chi connectivity index (χ1v) is 10.1. The monoisotopic (exact) mass is 392 g/mol. The standard InChI is InChI=1S/C22H24N4O3/c1-14(27)26-19-8-7-16(11-15(19)13-23-26)24-21(28)25-18-12-22(9-4-10-22)29-20-6-3-2-5-17(18)20/h2-3,5-8,11,13,15,18-19H,4,9-10,12H2,1H3,(H2,24,25,28). The second-order valence-corrected chi connectivity index (χ2v) is 8.21. The summed E-state index contributed by atoms with van der Waals surface area (Å²) >= 11 is 0. The van der Waals surface area contributed by atoms with E-state index in [1.165, 1.54) is 18.4 Å². The average molecular weight is 392 g/mol. The lowest BCUT2D eigenvalue weighted by Crippen LogP contribution is -2.50. The summed E-state index contributed by atoms with van der Waals surface area (Å²) in [5.41, 5.74) is 1.59. The van der Waals surface area contributed by atoms with Crippen molar-refractivity contribution in [2.75, 3.05) is 0 Å². The van der Waals surface area contributed by atoms with Gasteiger partial charge in [-0.3, -0.25) is 4.79 Å². The van der Waals surface area contributed by atoms with Gasteiger partial charge in [-0.25, -0.2) is 9.80 Å². The van der Waals surface area contributed by atoms with E-state index in [0.29, 0.717) is 5.70 Å². The third-order valence-electron chi connectivity index (χ3n) is 6.23. The molecule has 1 aromatic carbocycles. The van der Waals surface area contributed by atoms with E-state index in [0.717, 1.165) is 30.6 Å². The first-order valence-electron chi connectivity index (χ1n) is 10.1. The normalized spacial score (nSPS) is 28.0. The summed E-state index contributed by atoms with van der Waals surface area (Å²) in [6.07, 6.45) is 11.4. The Morgan fingerprint density at radius 1 is 1.28 bits per heavy atom. The fourth-order valence-corrected chi connectivity index (χ4v) is 4.62. The van der Waals surface area contributed by atoms with Crippen LogP contribution >= 0.6 is 0 Å². The lowest BCUT2D eigenvalue weighted by atomic mass is 9.73. The van der Waals surface area contributed by atoms with Crippen LogP contribution in [0.1, 0.15) is 44.2 Å². The number of hydrazone groups is 1. The molecule has 150 valence electrons. The van der Waals surface area contributed by atoms with Crippen LogP contribution in [-0.2, 0) is 4.79 Å². The molecule has 29 heavy (non-hydrogen) atoms. The molecule has 1 saturated carbocycles. The van der Waals surface area contributed by atoms with Crippen molar-refractivity contribution in [1.29, 1.82) is 0 Å². The molecule has 3 amide bonds. The molecule has 1 aromatic rings. The van der Waals surface area contributed by atoms with Gasteiger partial charge in [-0.1, -0.05) is 24.3 Å². The number of allylic oxidation sites excluding steroid dienone is 1. The lowest BCUT2D eigenvalue weighted by Gasteiger charge is -2.48. The topological polar surface area (TPSA) is 83.0 Å². The van der Waals surface area contributed by atoms with Gasteiger partial charge in [-0.15, -0.1) is 0 Å². The zero-order valence-electron chi connectivity index (χ0n) is 16.3. The SMILES string of the molecule is CC(=O)N1N=CC2C=C(NC(=O)NC3CC4(CCC4)Oc4ccccc43)C=CC21. The van der Waals surface area contributed by atoms with E-state index in [4.69, 9.17) is 4.74 Å². The molecular weight excluding hydrogens is 368 g/mol. The van der Waals surface area contributed by atoms with E-state index < -0.39 is 0 Å². The van der Waals surface area contributed by atoms with Crippen LogP contribution in [0.4, 0.5) is 4.79 Å². The Kier molecular flexibility index (Phi) is 4.19. The molecule has 1 spiro atoms. The quantitative estimate of drug-likeness (QED) is 0.812. The van der Waals surface area contributed by atoms with Gasteiger partial charge in [0.05, 0.1) is 12.1 Å². The molecule has 3 atom stereocenters. The number of carbonyl (C=O) groups excluding carboxylic acids is 2. The predicted molar refractivity (Wildman–Crippen MR) is 108 cm³/mol. The summed E-state index contributed by atoms with van der Waals surface area (Å²) in [5.74, 6) is 0.750. The van der Waals surface area contributed by atoms with Crippen LogP contribution < -0.4 is 15.4 Å². The Morgan fingerprint density at radius 2 is 2.10 bits per heavy atom. The zero-order chi connectivity index (χ0) is 20.0. The van der Waals surface area contributed by atoms with Crippen LogP contribution in [0.5, 0.6) is 5.75 Å². The van der Waals surface area contributed by atoms with Gasteiger partial charge in [0.15, 0.2) is 0 Å². The summed E-state index contributed by atoms with van der Waals surface area (Å²) in [6.45, 7) is 1.50.